The van der Waals surface area contributed by atoms with Crippen molar-refractivity contribution < 1.29 is 4.79 Å². The van der Waals surface area contributed by atoms with Gasteiger partial charge in [-0.3, -0.25) is 4.79 Å². The number of carbonyl (C=O) groups is 1. The topological polar surface area (TPSA) is 41.1 Å². The minimum atomic E-state index is 0.120. The third-order valence-corrected chi connectivity index (χ3v) is 3.59. The normalized spacial score (nSPS) is 13.0. The lowest BCUT2D eigenvalue weighted by Crippen LogP contribution is -2.35. The monoisotopic (exact) mass is 276 g/mol. The zero-order valence-corrected chi connectivity index (χ0v) is 13.2. The van der Waals surface area contributed by atoms with Crippen LogP contribution >= 0.6 is 0 Å². The maximum absolute atomic E-state index is 11.4. The first kappa shape index (κ1) is 16.7. The van der Waals surface area contributed by atoms with E-state index in [2.05, 4.69) is 55.7 Å². The van der Waals surface area contributed by atoms with Crippen molar-refractivity contribution in [2.45, 2.75) is 52.0 Å². The van der Waals surface area contributed by atoms with Crippen molar-refractivity contribution >= 4 is 5.91 Å². The van der Waals surface area contributed by atoms with Gasteiger partial charge in [0.15, 0.2) is 0 Å². The maximum atomic E-state index is 11.4. The Morgan fingerprint density at radius 2 is 1.90 bits per heavy atom. The Labute approximate surface area is 123 Å². The number of rotatable bonds is 8. The van der Waals surface area contributed by atoms with E-state index in [1.54, 1.807) is 0 Å². The van der Waals surface area contributed by atoms with Crippen LogP contribution in [0, 0.1) is 0 Å². The highest BCUT2D eigenvalue weighted by atomic mass is 16.1. The van der Waals surface area contributed by atoms with Gasteiger partial charge in [-0.25, -0.2) is 0 Å². The quantitative estimate of drug-likeness (QED) is 0.766. The highest BCUT2D eigenvalue weighted by Crippen LogP contribution is 2.27. The summed E-state index contributed by atoms with van der Waals surface area (Å²) < 4.78 is 0. The number of hydrogen-bond acceptors (Lipinski definition) is 2. The van der Waals surface area contributed by atoms with Crippen molar-refractivity contribution in [3.05, 3.63) is 35.9 Å². The first-order valence-electron chi connectivity index (χ1n) is 7.51. The lowest BCUT2D eigenvalue weighted by atomic mass is 9.79. The number of amides is 1. The van der Waals surface area contributed by atoms with E-state index in [-0.39, 0.29) is 11.3 Å². The van der Waals surface area contributed by atoms with E-state index in [4.69, 9.17) is 0 Å². The van der Waals surface area contributed by atoms with Gasteiger partial charge in [-0.1, -0.05) is 44.2 Å². The van der Waals surface area contributed by atoms with E-state index in [0.29, 0.717) is 19.0 Å². The zero-order valence-electron chi connectivity index (χ0n) is 13.2. The Morgan fingerprint density at radius 3 is 2.50 bits per heavy atom. The van der Waals surface area contributed by atoms with Crippen LogP contribution in [0.1, 0.15) is 46.1 Å². The van der Waals surface area contributed by atoms with Crippen molar-refractivity contribution in [3.8, 4) is 0 Å². The highest BCUT2D eigenvalue weighted by molar-refractivity contribution is 5.75. The van der Waals surface area contributed by atoms with Crippen molar-refractivity contribution in [2.75, 3.05) is 13.1 Å². The van der Waals surface area contributed by atoms with Crippen LogP contribution in [0.5, 0.6) is 0 Å². The zero-order chi connectivity index (χ0) is 15.0. The van der Waals surface area contributed by atoms with Crippen LogP contribution in [0.4, 0.5) is 0 Å². The summed E-state index contributed by atoms with van der Waals surface area (Å²) in [6.45, 7) is 10.1. The fourth-order valence-electron chi connectivity index (χ4n) is 2.56. The van der Waals surface area contributed by atoms with Crippen molar-refractivity contribution in [2.24, 2.45) is 0 Å². The van der Waals surface area contributed by atoms with Crippen LogP contribution in [0.15, 0.2) is 30.3 Å². The van der Waals surface area contributed by atoms with E-state index >= 15 is 0 Å². The molecule has 0 aliphatic carbocycles. The molecule has 1 amide bonds. The van der Waals surface area contributed by atoms with Gasteiger partial charge in [-0.05, 0) is 31.2 Å². The molecular weight excluding hydrogens is 248 g/mol. The first-order valence-corrected chi connectivity index (χ1v) is 7.51. The molecule has 0 radical (unpaired) electrons. The summed E-state index contributed by atoms with van der Waals surface area (Å²) in [6, 6.07) is 11.0. The molecule has 2 N–H and O–H groups in total. The number of benzene rings is 1. The van der Waals surface area contributed by atoms with E-state index in [0.717, 1.165) is 13.0 Å². The molecule has 0 aromatic heterocycles. The second-order valence-electron chi connectivity index (χ2n) is 6.01. The molecule has 1 atom stereocenters. The Bertz CT molecular complexity index is 401. The minimum absolute atomic E-state index is 0.120. The molecular formula is C17H28N2O. The molecule has 0 saturated heterocycles. The van der Waals surface area contributed by atoms with Crippen LogP contribution in [-0.2, 0) is 10.2 Å². The molecule has 1 unspecified atom stereocenters. The summed E-state index contributed by atoms with van der Waals surface area (Å²) in [4.78, 5) is 11.4. The fraction of sp³-hybridized carbons (Fsp3) is 0.588. The lowest BCUT2D eigenvalue weighted by Gasteiger charge is -2.29. The van der Waals surface area contributed by atoms with Gasteiger partial charge in [-0.15, -0.1) is 0 Å². The van der Waals surface area contributed by atoms with E-state index in [9.17, 15) is 4.79 Å². The summed E-state index contributed by atoms with van der Waals surface area (Å²) in [5.41, 5.74) is 1.50. The molecule has 0 aliphatic rings. The number of carbonyl (C=O) groups excluding carboxylic acids is 1. The molecule has 112 valence electrons. The third kappa shape index (κ3) is 5.74. The van der Waals surface area contributed by atoms with Crippen molar-refractivity contribution in [1.29, 1.82) is 0 Å². The van der Waals surface area contributed by atoms with Gasteiger partial charge in [0.1, 0.15) is 0 Å². The summed E-state index contributed by atoms with van der Waals surface area (Å²) in [5.74, 6) is 0.120. The Morgan fingerprint density at radius 1 is 1.25 bits per heavy atom. The molecule has 1 aromatic carbocycles. The Hall–Kier alpha value is -1.35. The third-order valence-electron chi connectivity index (χ3n) is 3.59. The number of nitrogens with one attached hydrogen (secondary N) is 2. The molecule has 0 aliphatic heterocycles. The standard InChI is InChI=1S/C17H28N2O/c1-5-18-16(20)11-12-19-14(2)13-17(3,4)15-9-7-6-8-10-15/h6-10,14,19H,5,11-13H2,1-4H3,(H,18,20). The summed E-state index contributed by atoms with van der Waals surface area (Å²) in [7, 11) is 0. The van der Waals surface area contributed by atoms with Crippen molar-refractivity contribution in [3.63, 3.8) is 0 Å². The van der Waals surface area contributed by atoms with E-state index in [1.807, 2.05) is 13.0 Å². The van der Waals surface area contributed by atoms with Gasteiger partial charge in [-0.2, -0.15) is 0 Å². The SMILES string of the molecule is CCNC(=O)CCNC(C)CC(C)(C)c1ccccc1. The first-order chi connectivity index (χ1) is 9.45. The number of hydrogen-bond donors (Lipinski definition) is 2. The van der Waals surface area contributed by atoms with Gasteiger partial charge in [0.25, 0.3) is 0 Å². The molecule has 0 fully saturated rings. The molecule has 1 aromatic rings. The van der Waals surface area contributed by atoms with Crippen LogP contribution in [0.3, 0.4) is 0 Å². The van der Waals surface area contributed by atoms with E-state index < -0.39 is 0 Å². The predicted octanol–water partition coefficient (Wildman–Crippen LogP) is 2.86. The molecule has 0 spiro atoms. The maximum Gasteiger partial charge on any atom is 0.221 e. The van der Waals surface area contributed by atoms with Crippen LogP contribution < -0.4 is 10.6 Å². The highest BCUT2D eigenvalue weighted by Gasteiger charge is 2.22. The van der Waals surface area contributed by atoms with Gasteiger partial charge in [0, 0.05) is 25.6 Å². The predicted molar refractivity (Wildman–Crippen MR) is 84.9 cm³/mol. The van der Waals surface area contributed by atoms with Crippen molar-refractivity contribution in [1.82, 2.24) is 10.6 Å². The minimum Gasteiger partial charge on any atom is -0.356 e. The largest absolute Gasteiger partial charge is 0.356 e. The molecule has 3 heteroatoms. The summed E-state index contributed by atoms with van der Waals surface area (Å²) in [5, 5.41) is 6.25. The van der Waals surface area contributed by atoms with Crippen LogP contribution in [0.25, 0.3) is 0 Å². The molecule has 1 rings (SSSR count). The van der Waals surface area contributed by atoms with Crippen LogP contribution in [0.2, 0.25) is 0 Å². The molecule has 0 heterocycles. The molecule has 20 heavy (non-hydrogen) atoms. The van der Waals surface area contributed by atoms with Gasteiger partial charge in [0.2, 0.25) is 5.91 Å². The van der Waals surface area contributed by atoms with Gasteiger partial charge >= 0.3 is 0 Å². The molecule has 0 bridgehead atoms. The Balaban J connectivity index is 2.38. The average Bonchev–Trinajstić information content (AvgIpc) is 2.39. The van der Waals surface area contributed by atoms with E-state index in [1.165, 1.54) is 5.56 Å². The molecule has 3 nitrogen and oxygen atoms in total. The average molecular weight is 276 g/mol. The Kier molecular flexibility index (Phi) is 6.73. The second-order valence-corrected chi connectivity index (χ2v) is 6.01. The smallest absolute Gasteiger partial charge is 0.221 e. The van der Waals surface area contributed by atoms with Crippen LogP contribution in [-0.4, -0.2) is 25.0 Å². The van der Waals surface area contributed by atoms with Gasteiger partial charge < -0.3 is 10.6 Å². The summed E-state index contributed by atoms with van der Waals surface area (Å²) in [6.07, 6.45) is 1.59. The fourth-order valence-corrected chi connectivity index (χ4v) is 2.56. The lowest BCUT2D eigenvalue weighted by molar-refractivity contribution is -0.120. The van der Waals surface area contributed by atoms with Gasteiger partial charge in [0.05, 0.1) is 0 Å². The summed E-state index contributed by atoms with van der Waals surface area (Å²) >= 11 is 0. The second kappa shape index (κ2) is 8.05. The molecule has 0 saturated carbocycles.